The molecule has 0 aromatic heterocycles. The summed E-state index contributed by atoms with van der Waals surface area (Å²) >= 11 is 0. The minimum atomic E-state index is 0.534. The highest BCUT2D eigenvalue weighted by atomic mass is 15.3. The molecule has 0 radical (unpaired) electrons. The predicted molar refractivity (Wildman–Crippen MR) is 112 cm³/mol. The Labute approximate surface area is 159 Å². The summed E-state index contributed by atoms with van der Waals surface area (Å²) in [4.78, 5) is 9.82. The fraction of sp³-hybridized carbons (Fsp3) is 0.667. The SMILES string of the molecule is CCNC(=NCc1cccc(C)c1)NCC(C(C)C)N1CCN(C)CC1. The lowest BCUT2D eigenvalue weighted by Crippen LogP contribution is -2.55. The molecule has 1 saturated heterocycles. The topological polar surface area (TPSA) is 42.9 Å². The highest BCUT2D eigenvalue weighted by molar-refractivity contribution is 5.79. The molecule has 1 aliphatic heterocycles. The van der Waals surface area contributed by atoms with Crippen molar-refractivity contribution in [3.63, 3.8) is 0 Å². The van der Waals surface area contributed by atoms with E-state index in [1.54, 1.807) is 0 Å². The first-order valence-electron chi connectivity index (χ1n) is 10.00. The molecule has 1 heterocycles. The first-order valence-corrected chi connectivity index (χ1v) is 10.00. The van der Waals surface area contributed by atoms with Crippen LogP contribution in [0, 0.1) is 12.8 Å². The Hall–Kier alpha value is -1.59. The summed E-state index contributed by atoms with van der Waals surface area (Å²) in [6, 6.07) is 9.10. The normalized spacial score (nSPS) is 18.2. The van der Waals surface area contributed by atoms with Crippen molar-refractivity contribution in [1.29, 1.82) is 0 Å². The number of hydrogen-bond acceptors (Lipinski definition) is 3. The summed E-state index contributed by atoms with van der Waals surface area (Å²) < 4.78 is 0. The monoisotopic (exact) mass is 359 g/mol. The zero-order chi connectivity index (χ0) is 18.9. The lowest BCUT2D eigenvalue weighted by Gasteiger charge is -2.40. The van der Waals surface area contributed by atoms with E-state index >= 15 is 0 Å². The number of guanidine groups is 1. The lowest BCUT2D eigenvalue weighted by atomic mass is 10.0. The number of benzene rings is 1. The van der Waals surface area contributed by atoms with Crippen LogP contribution in [0.25, 0.3) is 0 Å². The molecular formula is C21H37N5. The maximum atomic E-state index is 4.78. The maximum Gasteiger partial charge on any atom is 0.191 e. The van der Waals surface area contributed by atoms with Crippen molar-refractivity contribution in [2.24, 2.45) is 10.9 Å². The van der Waals surface area contributed by atoms with Crippen LogP contribution in [0.1, 0.15) is 31.9 Å². The van der Waals surface area contributed by atoms with Gasteiger partial charge in [-0.05, 0) is 32.4 Å². The van der Waals surface area contributed by atoms with Gasteiger partial charge in [0.05, 0.1) is 6.54 Å². The molecule has 1 aliphatic rings. The molecule has 1 aromatic carbocycles. The van der Waals surface area contributed by atoms with Crippen molar-refractivity contribution < 1.29 is 0 Å². The quantitative estimate of drug-likeness (QED) is 0.579. The number of likely N-dealkylation sites (N-methyl/N-ethyl adjacent to an activating group) is 1. The molecule has 1 aromatic rings. The molecular weight excluding hydrogens is 322 g/mol. The van der Waals surface area contributed by atoms with E-state index in [-0.39, 0.29) is 0 Å². The second-order valence-electron chi connectivity index (χ2n) is 7.72. The van der Waals surface area contributed by atoms with E-state index in [1.165, 1.54) is 11.1 Å². The van der Waals surface area contributed by atoms with Gasteiger partial charge >= 0.3 is 0 Å². The fourth-order valence-corrected chi connectivity index (χ4v) is 3.46. The molecule has 1 atom stereocenters. The van der Waals surface area contributed by atoms with Crippen LogP contribution >= 0.6 is 0 Å². The van der Waals surface area contributed by atoms with Crippen molar-refractivity contribution in [3.8, 4) is 0 Å². The van der Waals surface area contributed by atoms with Crippen molar-refractivity contribution in [3.05, 3.63) is 35.4 Å². The highest BCUT2D eigenvalue weighted by Crippen LogP contribution is 2.13. The maximum absolute atomic E-state index is 4.78. The van der Waals surface area contributed by atoms with Crippen molar-refractivity contribution in [1.82, 2.24) is 20.4 Å². The number of rotatable bonds is 7. The number of aliphatic imine (C=N–C) groups is 1. The predicted octanol–water partition coefficient (Wildman–Crippen LogP) is 2.32. The van der Waals surface area contributed by atoms with Gasteiger partial charge in [0.1, 0.15) is 0 Å². The van der Waals surface area contributed by atoms with Crippen LogP contribution in [-0.2, 0) is 6.54 Å². The van der Waals surface area contributed by atoms with Crippen LogP contribution in [0.2, 0.25) is 0 Å². The van der Waals surface area contributed by atoms with Crippen LogP contribution in [-0.4, -0.2) is 68.1 Å². The fourth-order valence-electron chi connectivity index (χ4n) is 3.46. The van der Waals surface area contributed by atoms with Gasteiger partial charge in [-0.2, -0.15) is 0 Å². The van der Waals surface area contributed by atoms with E-state index < -0.39 is 0 Å². The summed E-state index contributed by atoms with van der Waals surface area (Å²) in [6.07, 6.45) is 0. The molecule has 1 fully saturated rings. The van der Waals surface area contributed by atoms with Gasteiger partial charge in [0, 0.05) is 45.3 Å². The molecule has 2 N–H and O–H groups in total. The van der Waals surface area contributed by atoms with Gasteiger partial charge in [-0.3, -0.25) is 4.90 Å². The molecule has 26 heavy (non-hydrogen) atoms. The molecule has 2 rings (SSSR count). The summed E-state index contributed by atoms with van der Waals surface area (Å²) in [6.45, 7) is 16.0. The third kappa shape index (κ3) is 6.61. The number of nitrogens with zero attached hydrogens (tertiary/aromatic N) is 3. The van der Waals surface area contributed by atoms with Crippen LogP contribution < -0.4 is 10.6 Å². The van der Waals surface area contributed by atoms with E-state index in [0.717, 1.165) is 45.2 Å². The Morgan fingerprint density at radius 2 is 1.88 bits per heavy atom. The number of piperazine rings is 1. The Morgan fingerprint density at radius 1 is 1.15 bits per heavy atom. The Kier molecular flexibility index (Phi) is 8.39. The summed E-state index contributed by atoms with van der Waals surface area (Å²) in [7, 11) is 2.21. The van der Waals surface area contributed by atoms with Crippen LogP contribution in [0.4, 0.5) is 0 Å². The smallest absolute Gasteiger partial charge is 0.191 e. The van der Waals surface area contributed by atoms with E-state index in [0.29, 0.717) is 18.5 Å². The average Bonchev–Trinajstić information content (AvgIpc) is 2.61. The molecule has 0 aliphatic carbocycles. The number of aryl methyl sites for hydroxylation is 1. The molecule has 5 heteroatoms. The first-order chi connectivity index (χ1) is 12.5. The summed E-state index contributed by atoms with van der Waals surface area (Å²) in [5.74, 6) is 1.53. The lowest BCUT2D eigenvalue weighted by molar-refractivity contribution is 0.0900. The minimum absolute atomic E-state index is 0.534. The van der Waals surface area contributed by atoms with Gasteiger partial charge in [-0.1, -0.05) is 43.7 Å². The summed E-state index contributed by atoms with van der Waals surface area (Å²) in [5, 5.41) is 6.96. The molecule has 0 saturated carbocycles. The third-order valence-electron chi connectivity index (χ3n) is 5.10. The number of nitrogens with one attached hydrogen (secondary N) is 2. The molecule has 0 bridgehead atoms. The molecule has 146 valence electrons. The second kappa shape index (κ2) is 10.5. The van der Waals surface area contributed by atoms with E-state index in [4.69, 9.17) is 4.99 Å². The number of hydrogen-bond donors (Lipinski definition) is 2. The van der Waals surface area contributed by atoms with E-state index in [2.05, 4.69) is 79.4 Å². The summed E-state index contributed by atoms with van der Waals surface area (Å²) in [5.41, 5.74) is 2.53. The van der Waals surface area contributed by atoms with Gasteiger partial charge in [-0.15, -0.1) is 0 Å². The minimum Gasteiger partial charge on any atom is -0.357 e. The molecule has 0 amide bonds. The zero-order valence-corrected chi connectivity index (χ0v) is 17.3. The van der Waals surface area contributed by atoms with Gasteiger partial charge in [0.15, 0.2) is 5.96 Å². The molecule has 5 nitrogen and oxygen atoms in total. The zero-order valence-electron chi connectivity index (χ0n) is 17.3. The molecule has 1 unspecified atom stereocenters. The van der Waals surface area contributed by atoms with Crippen LogP contribution in [0.15, 0.2) is 29.3 Å². The Bertz CT molecular complexity index is 561. The Morgan fingerprint density at radius 3 is 2.50 bits per heavy atom. The van der Waals surface area contributed by atoms with Crippen molar-refractivity contribution in [2.75, 3.05) is 46.3 Å². The van der Waals surface area contributed by atoms with Crippen molar-refractivity contribution >= 4 is 5.96 Å². The van der Waals surface area contributed by atoms with Crippen molar-refractivity contribution in [2.45, 2.75) is 40.3 Å². The average molecular weight is 360 g/mol. The van der Waals surface area contributed by atoms with Crippen LogP contribution in [0.5, 0.6) is 0 Å². The molecule has 0 spiro atoms. The largest absolute Gasteiger partial charge is 0.357 e. The first kappa shape index (κ1) is 20.7. The van der Waals surface area contributed by atoms with Gasteiger partial charge in [0.2, 0.25) is 0 Å². The van der Waals surface area contributed by atoms with Gasteiger partial charge < -0.3 is 15.5 Å². The standard InChI is InChI=1S/C21H37N5/c1-6-22-21(23-15-19-9-7-8-18(4)14-19)24-16-20(17(2)3)26-12-10-25(5)11-13-26/h7-9,14,17,20H,6,10-13,15-16H2,1-5H3,(H2,22,23,24). The third-order valence-corrected chi connectivity index (χ3v) is 5.10. The van der Waals surface area contributed by atoms with Gasteiger partial charge in [0.25, 0.3) is 0 Å². The highest BCUT2D eigenvalue weighted by Gasteiger charge is 2.24. The van der Waals surface area contributed by atoms with E-state index in [1.807, 2.05) is 0 Å². The Balaban J connectivity index is 1.95. The van der Waals surface area contributed by atoms with Gasteiger partial charge in [-0.25, -0.2) is 4.99 Å². The second-order valence-corrected chi connectivity index (χ2v) is 7.72. The van der Waals surface area contributed by atoms with E-state index in [9.17, 15) is 0 Å². The van der Waals surface area contributed by atoms with Crippen LogP contribution in [0.3, 0.4) is 0 Å².